The second-order valence-corrected chi connectivity index (χ2v) is 5.73. The van der Waals surface area contributed by atoms with E-state index in [4.69, 9.17) is 0 Å². The number of carboxylic acid groups (broad SMARTS) is 1. The highest BCUT2D eigenvalue weighted by molar-refractivity contribution is 5.78. The van der Waals surface area contributed by atoms with Crippen molar-refractivity contribution >= 4 is 5.97 Å². The molecule has 0 bridgehead atoms. The summed E-state index contributed by atoms with van der Waals surface area (Å²) in [4.78, 5) is 13.9. The molecular formula is C16H23NO2. The molecule has 0 saturated carbocycles. The van der Waals surface area contributed by atoms with Gasteiger partial charge in [0, 0.05) is 6.42 Å². The van der Waals surface area contributed by atoms with Crippen molar-refractivity contribution in [3.05, 3.63) is 35.4 Å². The highest BCUT2D eigenvalue weighted by Gasteiger charge is 2.40. The van der Waals surface area contributed by atoms with Crippen LogP contribution >= 0.6 is 0 Å². The van der Waals surface area contributed by atoms with Crippen molar-refractivity contribution in [3.63, 3.8) is 0 Å². The third-order valence-corrected chi connectivity index (χ3v) is 4.31. The van der Waals surface area contributed by atoms with E-state index >= 15 is 0 Å². The van der Waals surface area contributed by atoms with Gasteiger partial charge in [-0.2, -0.15) is 0 Å². The van der Waals surface area contributed by atoms with E-state index in [1.54, 1.807) is 0 Å². The number of carboxylic acids is 1. The third-order valence-electron chi connectivity index (χ3n) is 4.31. The van der Waals surface area contributed by atoms with Crippen LogP contribution in [0.3, 0.4) is 0 Å². The molecule has 1 heterocycles. The summed E-state index contributed by atoms with van der Waals surface area (Å²) in [7, 11) is 0. The Labute approximate surface area is 115 Å². The monoisotopic (exact) mass is 261 g/mol. The number of piperidine rings is 1. The van der Waals surface area contributed by atoms with E-state index in [1.165, 1.54) is 12.0 Å². The van der Waals surface area contributed by atoms with Gasteiger partial charge in [-0.15, -0.1) is 0 Å². The Morgan fingerprint density at radius 1 is 1.26 bits per heavy atom. The number of aryl methyl sites for hydroxylation is 1. The Hall–Kier alpha value is -1.35. The number of nitrogens with zero attached hydrogens (tertiary/aromatic N) is 1. The van der Waals surface area contributed by atoms with Crippen LogP contribution in [0.4, 0.5) is 0 Å². The molecule has 1 saturated heterocycles. The minimum absolute atomic E-state index is 0.578. The van der Waals surface area contributed by atoms with Gasteiger partial charge in [0.05, 0.1) is 0 Å². The molecule has 1 aromatic carbocycles. The number of aliphatic carboxylic acids is 1. The Kier molecular flexibility index (Phi) is 4.25. The summed E-state index contributed by atoms with van der Waals surface area (Å²) in [6.45, 7) is 5.71. The molecule has 0 aromatic heterocycles. The smallest absolute Gasteiger partial charge is 0.324 e. The molecule has 0 amide bonds. The van der Waals surface area contributed by atoms with Crippen molar-refractivity contribution < 1.29 is 9.90 Å². The van der Waals surface area contributed by atoms with Crippen LogP contribution < -0.4 is 0 Å². The Morgan fingerprint density at radius 3 is 2.47 bits per heavy atom. The van der Waals surface area contributed by atoms with E-state index in [2.05, 4.69) is 4.90 Å². The Morgan fingerprint density at radius 2 is 1.89 bits per heavy atom. The summed E-state index contributed by atoms with van der Waals surface area (Å²) in [6, 6.07) is 8.08. The maximum Gasteiger partial charge on any atom is 0.324 e. The van der Waals surface area contributed by atoms with E-state index in [0.717, 1.165) is 31.5 Å². The van der Waals surface area contributed by atoms with Crippen LogP contribution in [-0.2, 0) is 11.2 Å². The van der Waals surface area contributed by atoms with Gasteiger partial charge in [0.25, 0.3) is 0 Å². The lowest BCUT2D eigenvalue weighted by Crippen LogP contribution is -2.55. The zero-order valence-corrected chi connectivity index (χ0v) is 11.9. The lowest BCUT2D eigenvalue weighted by Gasteiger charge is -2.40. The lowest BCUT2D eigenvalue weighted by molar-refractivity contribution is -0.151. The van der Waals surface area contributed by atoms with Crippen molar-refractivity contribution in [2.24, 2.45) is 0 Å². The maximum atomic E-state index is 11.8. The molecule has 1 N–H and O–H groups in total. The van der Waals surface area contributed by atoms with E-state index < -0.39 is 11.5 Å². The Balaban J connectivity index is 2.24. The zero-order chi connectivity index (χ0) is 13.9. The first-order chi connectivity index (χ1) is 9.04. The van der Waals surface area contributed by atoms with Gasteiger partial charge in [-0.25, -0.2) is 0 Å². The number of likely N-dealkylation sites (tertiary alicyclic amines) is 1. The second-order valence-electron chi connectivity index (χ2n) is 5.73. The number of rotatable bonds is 4. The molecule has 1 fully saturated rings. The minimum Gasteiger partial charge on any atom is -0.480 e. The number of hydrogen-bond donors (Lipinski definition) is 1. The van der Waals surface area contributed by atoms with Gasteiger partial charge in [0.2, 0.25) is 0 Å². The molecular weight excluding hydrogens is 238 g/mol. The summed E-state index contributed by atoms with van der Waals surface area (Å²) >= 11 is 0. The molecule has 0 aliphatic carbocycles. The van der Waals surface area contributed by atoms with Gasteiger partial charge < -0.3 is 5.11 Å². The molecule has 0 radical (unpaired) electrons. The molecule has 1 aromatic rings. The topological polar surface area (TPSA) is 40.5 Å². The molecule has 104 valence electrons. The van der Waals surface area contributed by atoms with Crippen molar-refractivity contribution in [2.75, 3.05) is 13.1 Å². The number of benzene rings is 1. The molecule has 2 rings (SSSR count). The number of hydrogen-bond acceptors (Lipinski definition) is 2. The second kappa shape index (κ2) is 5.74. The fourth-order valence-electron chi connectivity index (χ4n) is 2.89. The van der Waals surface area contributed by atoms with Gasteiger partial charge in [-0.3, -0.25) is 9.69 Å². The largest absolute Gasteiger partial charge is 0.480 e. The summed E-state index contributed by atoms with van der Waals surface area (Å²) in [5.74, 6) is -0.711. The van der Waals surface area contributed by atoms with Crippen LogP contribution in [0.1, 0.15) is 37.3 Å². The molecule has 3 heteroatoms. The van der Waals surface area contributed by atoms with Crippen molar-refractivity contribution in [2.45, 2.75) is 45.1 Å². The fraction of sp³-hybridized carbons (Fsp3) is 0.562. The molecule has 19 heavy (non-hydrogen) atoms. The molecule has 1 aliphatic rings. The summed E-state index contributed by atoms with van der Waals surface area (Å²) in [5.41, 5.74) is 1.52. The van der Waals surface area contributed by atoms with E-state index in [-0.39, 0.29) is 0 Å². The summed E-state index contributed by atoms with van der Waals surface area (Å²) < 4.78 is 0. The zero-order valence-electron chi connectivity index (χ0n) is 11.9. The Bertz CT molecular complexity index is 452. The van der Waals surface area contributed by atoms with E-state index in [9.17, 15) is 9.90 Å². The van der Waals surface area contributed by atoms with Crippen LogP contribution in [0.15, 0.2) is 24.3 Å². The maximum absolute atomic E-state index is 11.8. The fourth-order valence-corrected chi connectivity index (χ4v) is 2.89. The SMILES string of the molecule is Cc1ccccc1CC(C)(C(=O)O)N1CCCCC1. The van der Waals surface area contributed by atoms with Gasteiger partial charge in [-0.1, -0.05) is 30.7 Å². The normalized spacial score (nSPS) is 19.9. The molecule has 1 aliphatic heterocycles. The van der Waals surface area contributed by atoms with Crippen LogP contribution in [0, 0.1) is 6.92 Å². The minimum atomic E-state index is -0.785. The summed E-state index contributed by atoms with van der Waals surface area (Å²) in [5, 5.41) is 9.70. The van der Waals surface area contributed by atoms with Gasteiger partial charge in [-0.05, 0) is 50.9 Å². The van der Waals surface area contributed by atoms with Crippen LogP contribution in [0.2, 0.25) is 0 Å². The highest BCUT2D eigenvalue weighted by atomic mass is 16.4. The van der Waals surface area contributed by atoms with Crippen LogP contribution in [-0.4, -0.2) is 34.6 Å². The van der Waals surface area contributed by atoms with Crippen LogP contribution in [0.5, 0.6) is 0 Å². The first-order valence-corrected chi connectivity index (χ1v) is 7.07. The third kappa shape index (κ3) is 2.98. The molecule has 1 atom stereocenters. The summed E-state index contributed by atoms with van der Waals surface area (Å²) in [6.07, 6.45) is 4.01. The highest BCUT2D eigenvalue weighted by Crippen LogP contribution is 2.26. The van der Waals surface area contributed by atoms with E-state index in [1.807, 2.05) is 38.1 Å². The van der Waals surface area contributed by atoms with Crippen LogP contribution in [0.25, 0.3) is 0 Å². The van der Waals surface area contributed by atoms with Crippen molar-refractivity contribution in [3.8, 4) is 0 Å². The van der Waals surface area contributed by atoms with E-state index in [0.29, 0.717) is 6.42 Å². The van der Waals surface area contributed by atoms with Gasteiger partial charge in [0.15, 0.2) is 0 Å². The predicted octanol–water partition coefficient (Wildman–Crippen LogP) is 2.87. The van der Waals surface area contributed by atoms with Crippen molar-refractivity contribution in [1.82, 2.24) is 4.90 Å². The lowest BCUT2D eigenvalue weighted by atomic mass is 9.87. The van der Waals surface area contributed by atoms with Gasteiger partial charge in [0.1, 0.15) is 5.54 Å². The first-order valence-electron chi connectivity index (χ1n) is 7.07. The van der Waals surface area contributed by atoms with Crippen molar-refractivity contribution in [1.29, 1.82) is 0 Å². The quantitative estimate of drug-likeness (QED) is 0.906. The standard InChI is InChI=1S/C16H23NO2/c1-13-8-4-5-9-14(13)12-16(2,15(18)19)17-10-6-3-7-11-17/h4-5,8-9H,3,6-7,10-12H2,1-2H3,(H,18,19). The average molecular weight is 261 g/mol. The van der Waals surface area contributed by atoms with Gasteiger partial charge >= 0.3 is 5.97 Å². The number of carbonyl (C=O) groups is 1. The average Bonchev–Trinajstić information content (AvgIpc) is 2.42. The predicted molar refractivity (Wildman–Crippen MR) is 76.3 cm³/mol. The first kappa shape index (κ1) is 14.1. The molecule has 3 nitrogen and oxygen atoms in total. The molecule has 1 unspecified atom stereocenters. The molecule has 0 spiro atoms.